The van der Waals surface area contributed by atoms with Gasteiger partial charge in [0.05, 0.1) is 0 Å². The lowest BCUT2D eigenvalue weighted by Crippen LogP contribution is -2.21. The summed E-state index contributed by atoms with van der Waals surface area (Å²) in [5.74, 6) is 0.928. The molecule has 0 amide bonds. The van der Waals surface area contributed by atoms with Crippen molar-refractivity contribution < 1.29 is 9.13 Å². The van der Waals surface area contributed by atoms with Gasteiger partial charge in [0, 0.05) is 18.7 Å². The zero-order chi connectivity index (χ0) is 13.7. The van der Waals surface area contributed by atoms with Crippen molar-refractivity contribution in [2.24, 2.45) is 0 Å². The minimum atomic E-state index is -0.296. The molecule has 2 aromatic rings. The minimum Gasteiger partial charge on any atom is -0.457 e. The molecule has 0 saturated heterocycles. The zero-order valence-corrected chi connectivity index (χ0v) is 11.2. The van der Waals surface area contributed by atoms with Gasteiger partial charge in [0.1, 0.15) is 17.3 Å². The zero-order valence-electron chi connectivity index (χ0n) is 11.2. The summed E-state index contributed by atoms with van der Waals surface area (Å²) in [5, 5.41) is 3.35. The van der Waals surface area contributed by atoms with Crippen LogP contribution in [0.15, 0.2) is 48.5 Å². The van der Waals surface area contributed by atoms with Crippen LogP contribution in [0.25, 0.3) is 0 Å². The Morgan fingerprint density at radius 1 is 1.05 bits per heavy atom. The van der Waals surface area contributed by atoms with E-state index in [0.29, 0.717) is 17.5 Å². The van der Waals surface area contributed by atoms with Gasteiger partial charge in [-0.15, -0.1) is 0 Å². The maximum atomic E-state index is 13.1. The molecular weight excluding hydrogens is 241 g/mol. The van der Waals surface area contributed by atoms with E-state index in [-0.39, 0.29) is 5.82 Å². The highest BCUT2D eigenvalue weighted by molar-refractivity contribution is 5.34. The smallest absolute Gasteiger partial charge is 0.130 e. The van der Waals surface area contributed by atoms with Gasteiger partial charge in [0.25, 0.3) is 0 Å². The van der Waals surface area contributed by atoms with Gasteiger partial charge < -0.3 is 10.1 Å². The van der Waals surface area contributed by atoms with Gasteiger partial charge in [-0.2, -0.15) is 0 Å². The highest BCUT2D eigenvalue weighted by Crippen LogP contribution is 2.22. The third kappa shape index (κ3) is 4.38. The molecule has 2 nitrogen and oxygen atoms in total. The molecule has 0 unspecified atom stereocenters. The summed E-state index contributed by atoms with van der Waals surface area (Å²) < 4.78 is 18.7. The topological polar surface area (TPSA) is 21.3 Å². The molecule has 1 N–H and O–H groups in total. The van der Waals surface area contributed by atoms with Gasteiger partial charge in [-0.1, -0.05) is 32.0 Å². The van der Waals surface area contributed by atoms with E-state index in [1.165, 1.54) is 12.1 Å². The van der Waals surface area contributed by atoms with Gasteiger partial charge >= 0.3 is 0 Å². The van der Waals surface area contributed by atoms with Gasteiger partial charge in [-0.25, -0.2) is 4.39 Å². The number of halogens is 1. The van der Waals surface area contributed by atoms with E-state index in [4.69, 9.17) is 4.74 Å². The van der Waals surface area contributed by atoms with E-state index in [0.717, 1.165) is 12.1 Å². The Bertz CT molecular complexity index is 540. The molecule has 0 saturated carbocycles. The average Bonchev–Trinajstić information content (AvgIpc) is 2.37. The first kappa shape index (κ1) is 13.6. The fourth-order valence-corrected chi connectivity index (χ4v) is 1.71. The summed E-state index contributed by atoms with van der Waals surface area (Å²) in [6.07, 6.45) is 0. The normalized spacial score (nSPS) is 10.7. The van der Waals surface area contributed by atoms with Crippen LogP contribution in [0.1, 0.15) is 19.4 Å². The highest BCUT2D eigenvalue weighted by Gasteiger charge is 2.01. The molecule has 0 aliphatic heterocycles. The number of hydrogen-bond acceptors (Lipinski definition) is 2. The summed E-state index contributed by atoms with van der Waals surface area (Å²) >= 11 is 0. The Morgan fingerprint density at radius 3 is 2.42 bits per heavy atom. The Hall–Kier alpha value is -1.87. The molecule has 0 fully saturated rings. The third-order valence-electron chi connectivity index (χ3n) is 2.64. The molecule has 19 heavy (non-hydrogen) atoms. The van der Waals surface area contributed by atoms with E-state index in [2.05, 4.69) is 19.2 Å². The van der Waals surface area contributed by atoms with Crippen LogP contribution in [-0.4, -0.2) is 6.04 Å². The third-order valence-corrected chi connectivity index (χ3v) is 2.64. The molecule has 0 atom stereocenters. The molecule has 2 rings (SSSR count). The summed E-state index contributed by atoms with van der Waals surface area (Å²) in [4.78, 5) is 0. The van der Waals surface area contributed by atoms with E-state index in [1.54, 1.807) is 12.1 Å². The minimum absolute atomic E-state index is 0.296. The quantitative estimate of drug-likeness (QED) is 0.872. The van der Waals surface area contributed by atoms with Gasteiger partial charge in [0.15, 0.2) is 0 Å². The summed E-state index contributed by atoms with van der Waals surface area (Å²) in [6.45, 7) is 5.00. The second-order valence-electron chi connectivity index (χ2n) is 4.74. The SMILES string of the molecule is CC(C)NCc1cccc(Oc2cccc(F)c2)c1. The van der Waals surface area contributed by atoms with E-state index < -0.39 is 0 Å². The molecule has 0 heterocycles. The molecule has 100 valence electrons. The molecule has 2 aromatic carbocycles. The molecule has 0 aliphatic carbocycles. The van der Waals surface area contributed by atoms with E-state index in [1.807, 2.05) is 24.3 Å². The molecule has 0 aromatic heterocycles. The first-order valence-corrected chi connectivity index (χ1v) is 6.39. The van der Waals surface area contributed by atoms with Gasteiger partial charge in [0.2, 0.25) is 0 Å². The van der Waals surface area contributed by atoms with Crippen molar-refractivity contribution in [1.82, 2.24) is 5.32 Å². The number of ether oxygens (including phenoxy) is 1. The lowest BCUT2D eigenvalue weighted by atomic mass is 10.2. The van der Waals surface area contributed by atoms with Crippen molar-refractivity contribution in [3.63, 3.8) is 0 Å². The summed E-state index contributed by atoms with van der Waals surface area (Å²) in [6, 6.07) is 14.4. The lowest BCUT2D eigenvalue weighted by molar-refractivity contribution is 0.475. The van der Waals surface area contributed by atoms with Crippen LogP contribution in [0, 0.1) is 5.82 Å². The van der Waals surface area contributed by atoms with E-state index in [9.17, 15) is 4.39 Å². The Kier molecular flexibility index (Phi) is 4.53. The molecule has 3 heteroatoms. The van der Waals surface area contributed by atoms with Crippen LogP contribution in [0.2, 0.25) is 0 Å². The second-order valence-corrected chi connectivity index (χ2v) is 4.74. The van der Waals surface area contributed by atoms with Crippen LogP contribution < -0.4 is 10.1 Å². The molecule has 0 radical (unpaired) electrons. The van der Waals surface area contributed by atoms with Crippen molar-refractivity contribution in [3.05, 3.63) is 59.9 Å². The first-order chi connectivity index (χ1) is 9.13. The van der Waals surface area contributed by atoms with Crippen LogP contribution in [-0.2, 0) is 6.54 Å². The molecular formula is C16H18FNO. The largest absolute Gasteiger partial charge is 0.457 e. The lowest BCUT2D eigenvalue weighted by Gasteiger charge is -2.10. The van der Waals surface area contributed by atoms with Crippen LogP contribution >= 0.6 is 0 Å². The second kappa shape index (κ2) is 6.34. The van der Waals surface area contributed by atoms with Crippen molar-refractivity contribution in [1.29, 1.82) is 0 Å². The van der Waals surface area contributed by atoms with Gasteiger partial charge in [-0.05, 0) is 29.8 Å². The first-order valence-electron chi connectivity index (χ1n) is 6.39. The maximum Gasteiger partial charge on any atom is 0.130 e. The predicted octanol–water partition coefficient (Wildman–Crippen LogP) is 4.12. The number of benzene rings is 2. The van der Waals surface area contributed by atoms with Crippen molar-refractivity contribution >= 4 is 0 Å². The number of nitrogens with one attached hydrogen (secondary N) is 1. The average molecular weight is 259 g/mol. The fraction of sp³-hybridized carbons (Fsp3) is 0.250. The van der Waals surface area contributed by atoms with Crippen molar-refractivity contribution in [3.8, 4) is 11.5 Å². The van der Waals surface area contributed by atoms with Crippen LogP contribution in [0.3, 0.4) is 0 Å². The summed E-state index contributed by atoms with van der Waals surface area (Å²) in [5.41, 5.74) is 1.14. The van der Waals surface area contributed by atoms with Gasteiger partial charge in [-0.3, -0.25) is 0 Å². The van der Waals surface area contributed by atoms with Crippen molar-refractivity contribution in [2.45, 2.75) is 26.4 Å². The van der Waals surface area contributed by atoms with Crippen LogP contribution in [0.5, 0.6) is 11.5 Å². The van der Waals surface area contributed by atoms with Crippen LogP contribution in [0.4, 0.5) is 4.39 Å². The fourth-order valence-electron chi connectivity index (χ4n) is 1.71. The Balaban J connectivity index is 2.06. The molecule has 0 spiro atoms. The standard InChI is InChI=1S/C16H18FNO/c1-12(2)18-11-13-5-3-7-15(9-13)19-16-8-4-6-14(17)10-16/h3-10,12,18H,11H2,1-2H3. The monoisotopic (exact) mass is 259 g/mol. The summed E-state index contributed by atoms with van der Waals surface area (Å²) in [7, 11) is 0. The highest BCUT2D eigenvalue weighted by atomic mass is 19.1. The van der Waals surface area contributed by atoms with E-state index >= 15 is 0 Å². The molecule has 0 bridgehead atoms. The Morgan fingerprint density at radius 2 is 1.74 bits per heavy atom. The number of rotatable bonds is 5. The van der Waals surface area contributed by atoms with Crippen molar-refractivity contribution in [2.75, 3.05) is 0 Å². The Labute approximate surface area is 113 Å². The number of hydrogen-bond donors (Lipinski definition) is 1. The predicted molar refractivity (Wildman–Crippen MR) is 74.9 cm³/mol. The molecule has 0 aliphatic rings. The maximum absolute atomic E-state index is 13.1.